The summed E-state index contributed by atoms with van der Waals surface area (Å²) in [6.45, 7) is 5.31. The molecule has 0 radical (unpaired) electrons. The SMILES string of the molecule is CCOCCCCC1CCC(c2ccc(F)cc2)N1S(=O)(=O)c1ccc(C)cc1. The molecular formula is C23H30FNO3S. The van der Waals surface area contributed by atoms with Crippen LogP contribution in [0.5, 0.6) is 0 Å². The Kier molecular flexibility index (Phi) is 7.44. The first kappa shape index (κ1) is 21.9. The Balaban J connectivity index is 1.87. The van der Waals surface area contributed by atoms with E-state index in [2.05, 4.69) is 0 Å². The van der Waals surface area contributed by atoms with E-state index in [1.54, 1.807) is 28.6 Å². The van der Waals surface area contributed by atoms with Gasteiger partial charge in [0.15, 0.2) is 0 Å². The molecule has 1 heterocycles. The van der Waals surface area contributed by atoms with E-state index in [0.29, 0.717) is 18.1 Å². The van der Waals surface area contributed by atoms with Gasteiger partial charge in [-0.25, -0.2) is 12.8 Å². The monoisotopic (exact) mass is 419 g/mol. The second-order valence-electron chi connectivity index (χ2n) is 7.64. The summed E-state index contributed by atoms with van der Waals surface area (Å²) < 4.78 is 47.6. The normalized spacial score (nSPS) is 20.2. The maximum atomic E-state index is 13.6. The van der Waals surface area contributed by atoms with Gasteiger partial charge in [-0.1, -0.05) is 29.8 Å². The van der Waals surface area contributed by atoms with Gasteiger partial charge in [0.2, 0.25) is 10.0 Å². The lowest BCUT2D eigenvalue weighted by atomic mass is 10.0. The smallest absolute Gasteiger partial charge is 0.243 e. The van der Waals surface area contributed by atoms with Crippen LogP contribution in [0.25, 0.3) is 0 Å². The van der Waals surface area contributed by atoms with Crippen LogP contribution in [0.3, 0.4) is 0 Å². The maximum Gasteiger partial charge on any atom is 0.243 e. The Bertz CT molecular complexity index is 881. The summed E-state index contributed by atoms with van der Waals surface area (Å²) in [5.41, 5.74) is 1.87. The van der Waals surface area contributed by atoms with Crippen molar-refractivity contribution in [2.45, 2.75) is 62.9 Å². The molecule has 158 valence electrons. The van der Waals surface area contributed by atoms with Crippen LogP contribution in [-0.4, -0.2) is 32.0 Å². The quantitative estimate of drug-likeness (QED) is 0.523. The van der Waals surface area contributed by atoms with Gasteiger partial charge in [0.05, 0.1) is 10.9 Å². The molecular weight excluding hydrogens is 389 g/mol. The van der Waals surface area contributed by atoms with Crippen LogP contribution < -0.4 is 0 Å². The van der Waals surface area contributed by atoms with E-state index in [1.165, 1.54) is 12.1 Å². The second kappa shape index (κ2) is 9.83. The van der Waals surface area contributed by atoms with Gasteiger partial charge in [0.25, 0.3) is 0 Å². The average molecular weight is 420 g/mol. The lowest BCUT2D eigenvalue weighted by molar-refractivity contribution is 0.141. The topological polar surface area (TPSA) is 46.6 Å². The first-order valence-corrected chi connectivity index (χ1v) is 11.8. The molecule has 6 heteroatoms. The molecule has 1 saturated heterocycles. The number of ether oxygens (including phenoxy) is 1. The lowest BCUT2D eigenvalue weighted by Gasteiger charge is -2.30. The summed E-state index contributed by atoms with van der Waals surface area (Å²) in [5.74, 6) is -0.313. The van der Waals surface area contributed by atoms with Gasteiger partial charge in [-0.15, -0.1) is 0 Å². The lowest BCUT2D eigenvalue weighted by Crippen LogP contribution is -2.37. The molecule has 0 saturated carbocycles. The largest absolute Gasteiger partial charge is 0.382 e. The third-order valence-corrected chi connectivity index (χ3v) is 7.55. The molecule has 2 atom stereocenters. The van der Waals surface area contributed by atoms with Crippen LogP contribution in [0.1, 0.15) is 56.2 Å². The van der Waals surface area contributed by atoms with Crippen molar-refractivity contribution in [2.24, 2.45) is 0 Å². The van der Waals surface area contributed by atoms with E-state index in [1.807, 2.05) is 26.0 Å². The Hall–Kier alpha value is -1.76. The van der Waals surface area contributed by atoms with Crippen molar-refractivity contribution >= 4 is 10.0 Å². The van der Waals surface area contributed by atoms with Gasteiger partial charge in [0.1, 0.15) is 5.82 Å². The molecule has 1 fully saturated rings. The first-order chi connectivity index (χ1) is 13.9. The Morgan fingerprint density at radius 3 is 2.38 bits per heavy atom. The van der Waals surface area contributed by atoms with Crippen molar-refractivity contribution in [3.8, 4) is 0 Å². The third kappa shape index (κ3) is 5.24. The van der Waals surface area contributed by atoms with Crippen LogP contribution in [0, 0.1) is 12.7 Å². The molecule has 0 N–H and O–H groups in total. The molecule has 0 aromatic heterocycles. The standard InChI is InChI=1S/C23H30FNO3S/c1-3-28-17-5-4-6-21-13-16-23(19-9-11-20(24)12-10-19)25(21)29(26,27)22-14-7-18(2)8-15-22/h7-12,14-15,21,23H,3-6,13,16-17H2,1-2H3. The zero-order valence-corrected chi connectivity index (χ0v) is 18.0. The zero-order valence-electron chi connectivity index (χ0n) is 17.2. The van der Waals surface area contributed by atoms with Gasteiger partial charge in [-0.05, 0) is 75.8 Å². The van der Waals surface area contributed by atoms with Crippen molar-refractivity contribution in [1.29, 1.82) is 0 Å². The van der Waals surface area contributed by atoms with Crippen LogP contribution in [0.4, 0.5) is 4.39 Å². The minimum Gasteiger partial charge on any atom is -0.382 e. The zero-order chi connectivity index (χ0) is 20.9. The highest BCUT2D eigenvalue weighted by atomic mass is 32.2. The molecule has 4 nitrogen and oxygen atoms in total. The summed E-state index contributed by atoms with van der Waals surface area (Å²) in [6.07, 6.45) is 4.19. The molecule has 1 aliphatic heterocycles. The van der Waals surface area contributed by atoms with E-state index < -0.39 is 10.0 Å². The Morgan fingerprint density at radius 1 is 1.03 bits per heavy atom. The van der Waals surface area contributed by atoms with Gasteiger partial charge < -0.3 is 4.74 Å². The molecule has 0 amide bonds. The van der Waals surface area contributed by atoms with Gasteiger partial charge >= 0.3 is 0 Å². The van der Waals surface area contributed by atoms with E-state index in [4.69, 9.17) is 4.74 Å². The number of halogens is 1. The van der Waals surface area contributed by atoms with E-state index in [-0.39, 0.29) is 17.9 Å². The van der Waals surface area contributed by atoms with Gasteiger partial charge in [-0.2, -0.15) is 4.31 Å². The van der Waals surface area contributed by atoms with Crippen LogP contribution in [0.2, 0.25) is 0 Å². The molecule has 0 bridgehead atoms. The fraction of sp³-hybridized carbons (Fsp3) is 0.478. The number of nitrogens with zero attached hydrogens (tertiary/aromatic N) is 1. The van der Waals surface area contributed by atoms with Crippen LogP contribution in [-0.2, 0) is 14.8 Å². The number of rotatable bonds is 9. The van der Waals surface area contributed by atoms with Crippen LogP contribution >= 0.6 is 0 Å². The van der Waals surface area contributed by atoms with Crippen molar-refractivity contribution in [3.63, 3.8) is 0 Å². The van der Waals surface area contributed by atoms with E-state index in [9.17, 15) is 12.8 Å². The van der Waals surface area contributed by atoms with Crippen molar-refractivity contribution in [3.05, 3.63) is 65.5 Å². The Morgan fingerprint density at radius 2 is 1.72 bits per heavy atom. The maximum absolute atomic E-state index is 13.6. The summed E-state index contributed by atoms with van der Waals surface area (Å²) >= 11 is 0. The van der Waals surface area contributed by atoms with Crippen LogP contribution in [0.15, 0.2) is 53.4 Å². The van der Waals surface area contributed by atoms with Gasteiger partial charge in [0, 0.05) is 19.3 Å². The second-order valence-corrected chi connectivity index (χ2v) is 9.48. The molecule has 2 aromatic carbocycles. The number of unbranched alkanes of at least 4 members (excludes halogenated alkanes) is 1. The summed E-state index contributed by atoms with van der Waals surface area (Å²) in [6, 6.07) is 12.9. The van der Waals surface area contributed by atoms with E-state index >= 15 is 0 Å². The Labute approximate surface area is 173 Å². The predicted octanol–water partition coefficient (Wildman–Crippen LogP) is 5.24. The minimum atomic E-state index is -3.65. The van der Waals surface area contributed by atoms with Crippen molar-refractivity contribution in [2.75, 3.05) is 13.2 Å². The first-order valence-electron chi connectivity index (χ1n) is 10.4. The number of aryl methyl sites for hydroxylation is 1. The van der Waals surface area contributed by atoms with Crippen molar-refractivity contribution < 1.29 is 17.5 Å². The fourth-order valence-corrected chi connectivity index (χ4v) is 5.94. The number of hydrogen-bond acceptors (Lipinski definition) is 3. The third-order valence-electron chi connectivity index (χ3n) is 5.57. The highest BCUT2D eigenvalue weighted by Crippen LogP contribution is 2.42. The molecule has 0 aliphatic carbocycles. The molecule has 2 aromatic rings. The average Bonchev–Trinajstić information content (AvgIpc) is 3.13. The highest BCUT2D eigenvalue weighted by molar-refractivity contribution is 7.89. The van der Waals surface area contributed by atoms with Gasteiger partial charge in [-0.3, -0.25) is 0 Å². The molecule has 3 rings (SSSR count). The number of hydrogen-bond donors (Lipinski definition) is 0. The summed E-state index contributed by atoms with van der Waals surface area (Å²) in [7, 11) is -3.65. The number of sulfonamides is 1. The molecule has 0 spiro atoms. The van der Waals surface area contributed by atoms with E-state index in [0.717, 1.165) is 43.2 Å². The fourth-order valence-electron chi connectivity index (χ4n) is 4.05. The minimum absolute atomic E-state index is 0.0574. The molecule has 1 aliphatic rings. The molecule has 29 heavy (non-hydrogen) atoms. The molecule has 2 unspecified atom stereocenters. The summed E-state index contributed by atoms with van der Waals surface area (Å²) in [5, 5.41) is 0. The highest BCUT2D eigenvalue weighted by Gasteiger charge is 2.42. The number of benzene rings is 2. The summed E-state index contributed by atoms with van der Waals surface area (Å²) in [4.78, 5) is 0.316. The van der Waals surface area contributed by atoms with Crippen molar-refractivity contribution in [1.82, 2.24) is 4.31 Å². The predicted molar refractivity (Wildman–Crippen MR) is 113 cm³/mol.